The number of sulfonamides is 1. The van der Waals surface area contributed by atoms with E-state index >= 15 is 0 Å². The van der Waals surface area contributed by atoms with Gasteiger partial charge in [0, 0.05) is 19.6 Å². The number of benzene rings is 4. The molecule has 1 amide bonds. The first-order valence-electron chi connectivity index (χ1n) is 14.5. The summed E-state index contributed by atoms with van der Waals surface area (Å²) in [5.41, 5.74) is 1.31. The molecule has 240 valence electrons. The van der Waals surface area contributed by atoms with Gasteiger partial charge in [-0.2, -0.15) is 12.7 Å². The highest BCUT2D eigenvalue weighted by Crippen LogP contribution is 2.23. The number of Topliss-reactive ketones (excluding diaryl/α,β-unsaturated/α-hetero) is 1. The predicted molar refractivity (Wildman–Crippen MR) is 170 cm³/mol. The Balaban J connectivity index is 1.36. The van der Waals surface area contributed by atoms with Crippen LogP contribution in [0, 0.1) is 0 Å². The molecule has 11 nitrogen and oxygen atoms in total. The van der Waals surface area contributed by atoms with Gasteiger partial charge in [-0.1, -0.05) is 78.9 Å². The average Bonchev–Trinajstić information content (AvgIpc) is 3.08. The number of ketones is 1. The molecule has 0 bridgehead atoms. The lowest BCUT2D eigenvalue weighted by Gasteiger charge is -2.36. The second-order valence-electron chi connectivity index (χ2n) is 10.5. The van der Waals surface area contributed by atoms with Crippen molar-refractivity contribution in [2.45, 2.75) is 34.9 Å². The molecular formula is C33H33N3O8S2. The third kappa shape index (κ3) is 8.17. The van der Waals surface area contributed by atoms with Gasteiger partial charge in [0.2, 0.25) is 10.0 Å². The number of carbonyl (C=O) groups is 2. The molecule has 0 aromatic heterocycles. The number of nitrogens with one attached hydrogen (secondary N) is 2. The van der Waals surface area contributed by atoms with Gasteiger partial charge in [0.05, 0.1) is 17.0 Å². The zero-order chi connectivity index (χ0) is 32.6. The van der Waals surface area contributed by atoms with E-state index in [-0.39, 0.29) is 41.7 Å². The van der Waals surface area contributed by atoms with E-state index in [4.69, 9.17) is 8.92 Å². The molecule has 1 fully saturated rings. The second-order valence-corrected chi connectivity index (χ2v) is 13.9. The molecular weight excluding hydrogens is 631 g/mol. The van der Waals surface area contributed by atoms with Crippen molar-refractivity contribution in [2.75, 3.05) is 19.6 Å². The van der Waals surface area contributed by atoms with Crippen molar-refractivity contribution in [3.8, 4) is 5.75 Å². The van der Waals surface area contributed by atoms with E-state index in [1.807, 2.05) is 6.07 Å². The van der Waals surface area contributed by atoms with Gasteiger partial charge in [-0.3, -0.25) is 4.79 Å². The monoisotopic (exact) mass is 663 g/mol. The van der Waals surface area contributed by atoms with Crippen LogP contribution in [-0.2, 0) is 42.7 Å². The Morgan fingerprint density at radius 2 is 1.37 bits per heavy atom. The number of ether oxygens (including phenoxy) is 1. The molecule has 4 aromatic rings. The lowest BCUT2D eigenvalue weighted by molar-refractivity contribution is -0.125. The second kappa shape index (κ2) is 14.7. The Morgan fingerprint density at radius 3 is 2.00 bits per heavy atom. The number of carbonyl (C=O) groups excluding carboxylic acids is 2. The molecule has 4 aromatic carbocycles. The van der Waals surface area contributed by atoms with E-state index in [0.29, 0.717) is 12.1 Å². The van der Waals surface area contributed by atoms with Crippen LogP contribution in [0.1, 0.15) is 11.1 Å². The van der Waals surface area contributed by atoms with Gasteiger partial charge >= 0.3 is 16.2 Å². The number of nitrogens with zero attached hydrogens (tertiary/aromatic N) is 1. The van der Waals surface area contributed by atoms with Crippen molar-refractivity contribution in [2.24, 2.45) is 0 Å². The average molecular weight is 664 g/mol. The van der Waals surface area contributed by atoms with Crippen molar-refractivity contribution in [1.82, 2.24) is 14.9 Å². The van der Waals surface area contributed by atoms with Crippen LogP contribution in [0.5, 0.6) is 5.75 Å². The molecule has 1 heterocycles. The first kappa shape index (κ1) is 32.8. The van der Waals surface area contributed by atoms with Crippen molar-refractivity contribution in [1.29, 1.82) is 0 Å². The quantitative estimate of drug-likeness (QED) is 0.217. The maximum Gasteiger partial charge on any atom is 0.408 e. The lowest BCUT2D eigenvalue weighted by atomic mass is 9.97. The van der Waals surface area contributed by atoms with Crippen molar-refractivity contribution in [3.05, 3.63) is 126 Å². The van der Waals surface area contributed by atoms with Crippen LogP contribution in [0.3, 0.4) is 0 Å². The highest BCUT2D eigenvalue weighted by Gasteiger charge is 2.40. The number of alkyl carbamates (subject to hydrolysis) is 1. The summed E-state index contributed by atoms with van der Waals surface area (Å²) in [4.78, 5) is 27.1. The van der Waals surface area contributed by atoms with Gasteiger partial charge in [-0.15, -0.1) is 0 Å². The number of hydrogen-bond acceptors (Lipinski definition) is 9. The summed E-state index contributed by atoms with van der Waals surface area (Å²) in [5, 5.41) is 5.72. The predicted octanol–water partition coefficient (Wildman–Crippen LogP) is 3.52. The van der Waals surface area contributed by atoms with E-state index < -0.39 is 44.1 Å². The molecule has 1 saturated heterocycles. The molecule has 46 heavy (non-hydrogen) atoms. The van der Waals surface area contributed by atoms with Crippen LogP contribution in [0.2, 0.25) is 0 Å². The zero-order valence-electron chi connectivity index (χ0n) is 24.7. The third-order valence-electron chi connectivity index (χ3n) is 7.32. The minimum Gasteiger partial charge on any atom is -0.445 e. The smallest absolute Gasteiger partial charge is 0.408 e. The van der Waals surface area contributed by atoms with E-state index in [2.05, 4.69) is 10.6 Å². The molecule has 0 radical (unpaired) electrons. The number of piperazine rings is 1. The largest absolute Gasteiger partial charge is 0.445 e. The summed E-state index contributed by atoms with van der Waals surface area (Å²) < 4.78 is 64.3. The fourth-order valence-electron chi connectivity index (χ4n) is 4.98. The molecule has 5 rings (SSSR count). The molecule has 0 spiro atoms. The van der Waals surface area contributed by atoms with Crippen LogP contribution < -0.4 is 14.8 Å². The normalized spacial score (nSPS) is 16.2. The molecule has 0 aliphatic carbocycles. The van der Waals surface area contributed by atoms with E-state index in [1.165, 1.54) is 36.4 Å². The fraction of sp³-hybridized carbons (Fsp3) is 0.212. The SMILES string of the molecule is O=C(N[C@@H](Cc1ccc(OS(=O)(=O)c2ccccc2)cc1)C(=O)C1CNCCN1S(=O)(=O)c1ccccc1)OCc1ccccc1. The van der Waals surface area contributed by atoms with Gasteiger partial charge in [0.25, 0.3) is 0 Å². The summed E-state index contributed by atoms with van der Waals surface area (Å²) in [6.07, 6.45) is -0.877. The van der Waals surface area contributed by atoms with Gasteiger partial charge in [0.1, 0.15) is 17.3 Å². The highest BCUT2D eigenvalue weighted by atomic mass is 32.2. The van der Waals surface area contributed by atoms with Crippen LogP contribution in [0.4, 0.5) is 4.79 Å². The highest BCUT2D eigenvalue weighted by molar-refractivity contribution is 7.89. The maximum absolute atomic E-state index is 14.1. The van der Waals surface area contributed by atoms with Crippen LogP contribution >= 0.6 is 0 Å². The summed E-state index contributed by atoms with van der Waals surface area (Å²) in [6.45, 7) is 0.419. The van der Waals surface area contributed by atoms with Gasteiger partial charge in [-0.05, 0) is 53.9 Å². The van der Waals surface area contributed by atoms with E-state index in [1.54, 1.807) is 72.8 Å². The molecule has 1 aliphatic rings. The van der Waals surface area contributed by atoms with Crippen LogP contribution in [-0.4, -0.2) is 64.7 Å². The van der Waals surface area contributed by atoms with Crippen LogP contribution in [0.25, 0.3) is 0 Å². The fourth-order valence-corrected chi connectivity index (χ4v) is 7.55. The maximum atomic E-state index is 14.1. The van der Waals surface area contributed by atoms with Crippen LogP contribution in [0.15, 0.2) is 125 Å². The molecule has 2 atom stereocenters. The number of hydrogen-bond donors (Lipinski definition) is 2. The standard InChI is InChI=1S/C33H33N3O8S2/c37-32(31-23-34-20-21-36(31)45(39,40)28-12-6-2-7-13-28)30(35-33(38)43-24-26-10-4-1-5-11-26)22-25-16-18-27(19-17-25)44-46(41,42)29-14-8-3-9-15-29/h1-19,30-31,34H,20-24H2,(H,35,38)/t30-,31?/m0/s1. The zero-order valence-corrected chi connectivity index (χ0v) is 26.3. The Morgan fingerprint density at radius 1 is 0.783 bits per heavy atom. The van der Waals surface area contributed by atoms with Crippen molar-refractivity contribution >= 4 is 32.0 Å². The first-order valence-corrected chi connectivity index (χ1v) is 17.4. The Bertz CT molecular complexity index is 1840. The molecule has 1 aliphatic heterocycles. The molecule has 1 unspecified atom stereocenters. The molecule has 13 heteroatoms. The first-order chi connectivity index (χ1) is 22.1. The summed E-state index contributed by atoms with van der Waals surface area (Å²) in [5.74, 6) is -0.474. The van der Waals surface area contributed by atoms with Gasteiger partial charge < -0.3 is 19.6 Å². The third-order valence-corrected chi connectivity index (χ3v) is 10.5. The lowest BCUT2D eigenvalue weighted by Crippen LogP contribution is -2.61. The van der Waals surface area contributed by atoms with Gasteiger partial charge in [0.15, 0.2) is 5.78 Å². The number of amides is 1. The minimum absolute atomic E-state index is 0.000877. The minimum atomic E-state index is -4.06. The number of rotatable bonds is 12. The summed E-state index contributed by atoms with van der Waals surface area (Å²) >= 11 is 0. The van der Waals surface area contributed by atoms with E-state index in [0.717, 1.165) is 9.87 Å². The van der Waals surface area contributed by atoms with Crippen molar-refractivity contribution in [3.63, 3.8) is 0 Å². The Kier molecular flexibility index (Phi) is 10.5. The molecule has 0 saturated carbocycles. The summed E-state index contributed by atoms with van der Waals surface area (Å²) in [6, 6.07) is 28.3. The Labute approximate surface area is 268 Å². The van der Waals surface area contributed by atoms with Gasteiger partial charge in [-0.25, -0.2) is 13.2 Å². The summed E-state index contributed by atoms with van der Waals surface area (Å²) in [7, 11) is -8.09. The molecule has 2 N–H and O–H groups in total. The Hall–Kier alpha value is -4.56. The topological polar surface area (TPSA) is 148 Å². The van der Waals surface area contributed by atoms with Crippen molar-refractivity contribution < 1.29 is 35.3 Å². The van der Waals surface area contributed by atoms with E-state index in [9.17, 15) is 26.4 Å².